The number of piperazine rings is 1. The van der Waals surface area contributed by atoms with Gasteiger partial charge in [0, 0.05) is 38.3 Å². The second-order valence-electron chi connectivity index (χ2n) is 6.31. The largest absolute Gasteiger partial charge is 0.496 e. The fraction of sp³-hybridized carbons (Fsp3) is 0.278. The molecule has 2 aromatic rings. The van der Waals surface area contributed by atoms with E-state index in [1.54, 1.807) is 12.1 Å². The van der Waals surface area contributed by atoms with Crippen molar-refractivity contribution in [3.8, 4) is 5.75 Å². The van der Waals surface area contributed by atoms with Gasteiger partial charge in [0.15, 0.2) is 0 Å². The third-order valence-corrected chi connectivity index (χ3v) is 5.01. The number of hydrogen-bond donors (Lipinski definition) is 0. The molecule has 0 aliphatic carbocycles. The molecule has 0 spiro atoms. The van der Waals surface area contributed by atoms with Crippen LogP contribution in [0.1, 0.15) is 10.4 Å². The summed E-state index contributed by atoms with van der Waals surface area (Å²) in [5.74, 6) is -0.0304. The standard InChI is InChI=1S/C18H17ClN4O6/c1-29-13-3-5-16(17(11-13)23(27)28)20-6-8-21(9-7-20)18(24)14-10-12(22(25)26)2-4-15(14)19/h2-5,10-11H,6-9H2,1H3. The first kappa shape index (κ1) is 20.3. The predicted molar refractivity (Wildman–Crippen MR) is 106 cm³/mol. The van der Waals surface area contributed by atoms with Gasteiger partial charge in [0.1, 0.15) is 11.4 Å². The summed E-state index contributed by atoms with van der Waals surface area (Å²) in [5, 5.41) is 22.5. The van der Waals surface area contributed by atoms with Gasteiger partial charge in [0.2, 0.25) is 0 Å². The van der Waals surface area contributed by atoms with Crippen LogP contribution in [-0.2, 0) is 0 Å². The molecule has 0 saturated carbocycles. The third-order valence-electron chi connectivity index (χ3n) is 4.68. The van der Waals surface area contributed by atoms with Crippen molar-refractivity contribution >= 4 is 34.6 Å². The monoisotopic (exact) mass is 420 g/mol. The number of anilines is 1. The highest BCUT2D eigenvalue weighted by molar-refractivity contribution is 6.33. The zero-order chi connectivity index (χ0) is 21.1. The maximum absolute atomic E-state index is 12.8. The molecule has 1 amide bonds. The summed E-state index contributed by atoms with van der Waals surface area (Å²) in [6.07, 6.45) is 0. The normalized spacial score (nSPS) is 13.9. The lowest BCUT2D eigenvalue weighted by atomic mass is 10.1. The Labute approximate surface area is 170 Å². The number of halogens is 1. The van der Waals surface area contributed by atoms with Crippen molar-refractivity contribution in [2.24, 2.45) is 0 Å². The highest BCUT2D eigenvalue weighted by Gasteiger charge is 2.28. The summed E-state index contributed by atoms with van der Waals surface area (Å²) in [5.41, 5.74) is 0.206. The van der Waals surface area contributed by atoms with Crippen LogP contribution in [0.5, 0.6) is 5.75 Å². The van der Waals surface area contributed by atoms with Gasteiger partial charge in [0.05, 0.1) is 33.6 Å². The molecule has 0 N–H and O–H groups in total. The number of carbonyl (C=O) groups excluding carboxylic acids is 1. The molecule has 1 aliphatic heterocycles. The van der Waals surface area contributed by atoms with Crippen molar-refractivity contribution in [2.75, 3.05) is 38.2 Å². The maximum atomic E-state index is 12.8. The molecule has 152 valence electrons. The molecule has 0 atom stereocenters. The average Bonchev–Trinajstić information content (AvgIpc) is 2.73. The Morgan fingerprint density at radius 3 is 2.31 bits per heavy atom. The number of nitrogens with zero attached hydrogens (tertiary/aromatic N) is 4. The molecular weight excluding hydrogens is 404 g/mol. The highest BCUT2D eigenvalue weighted by Crippen LogP contribution is 2.33. The fourth-order valence-electron chi connectivity index (χ4n) is 3.16. The third kappa shape index (κ3) is 4.21. The SMILES string of the molecule is COc1ccc(N2CCN(C(=O)c3cc([N+](=O)[O-])ccc3Cl)CC2)c([N+](=O)[O-])c1. The fourth-order valence-corrected chi connectivity index (χ4v) is 3.35. The number of carbonyl (C=O) groups is 1. The van der Waals surface area contributed by atoms with Crippen LogP contribution in [-0.4, -0.2) is 53.9 Å². The van der Waals surface area contributed by atoms with E-state index in [0.29, 0.717) is 37.6 Å². The molecule has 0 unspecified atom stereocenters. The lowest BCUT2D eigenvalue weighted by Crippen LogP contribution is -2.49. The average molecular weight is 421 g/mol. The van der Waals surface area contributed by atoms with Gasteiger partial charge < -0.3 is 14.5 Å². The Hall–Kier alpha value is -3.40. The van der Waals surface area contributed by atoms with E-state index in [1.807, 2.05) is 4.90 Å². The summed E-state index contributed by atoms with van der Waals surface area (Å²) in [7, 11) is 1.43. The van der Waals surface area contributed by atoms with Crippen LogP contribution in [0.3, 0.4) is 0 Å². The second kappa shape index (κ2) is 8.31. The maximum Gasteiger partial charge on any atom is 0.296 e. The molecule has 2 aromatic carbocycles. The van der Waals surface area contributed by atoms with Crippen molar-refractivity contribution < 1.29 is 19.4 Å². The predicted octanol–water partition coefficient (Wildman–Crippen LogP) is 3.13. The van der Waals surface area contributed by atoms with Crippen molar-refractivity contribution in [3.05, 3.63) is 67.2 Å². The number of benzene rings is 2. The molecular formula is C18H17ClN4O6. The van der Waals surface area contributed by atoms with Crippen LogP contribution < -0.4 is 9.64 Å². The molecule has 1 heterocycles. The molecule has 29 heavy (non-hydrogen) atoms. The van der Waals surface area contributed by atoms with Gasteiger partial charge in [-0.15, -0.1) is 0 Å². The van der Waals surface area contributed by atoms with E-state index >= 15 is 0 Å². The Balaban J connectivity index is 1.76. The van der Waals surface area contributed by atoms with Crippen molar-refractivity contribution in [2.45, 2.75) is 0 Å². The second-order valence-corrected chi connectivity index (χ2v) is 6.72. The zero-order valence-electron chi connectivity index (χ0n) is 15.4. The summed E-state index contributed by atoms with van der Waals surface area (Å²) in [6, 6.07) is 8.33. The molecule has 0 aromatic heterocycles. The lowest BCUT2D eigenvalue weighted by molar-refractivity contribution is -0.384. The van der Waals surface area contributed by atoms with Crippen LogP contribution in [0, 0.1) is 20.2 Å². The van der Waals surface area contributed by atoms with E-state index in [9.17, 15) is 25.0 Å². The molecule has 3 rings (SSSR count). The molecule has 1 fully saturated rings. The number of nitro benzene ring substituents is 2. The van der Waals surface area contributed by atoms with Crippen LogP contribution in [0.15, 0.2) is 36.4 Å². The van der Waals surface area contributed by atoms with Crippen molar-refractivity contribution in [3.63, 3.8) is 0 Å². The van der Waals surface area contributed by atoms with Crippen LogP contribution in [0.25, 0.3) is 0 Å². The number of hydrogen-bond acceptors (Lipinski definition) is 7. The Morgan fingerprint density at radius 2 is 1.72 bits per heavy atom. The van der Waals surface area contributed by atoms with E-state index in [2.05, 4.69) is 0 Å². The molecule has 0 bridgehead atoms. The first-order valence-corrected chi connectivity index (χ1v) is 9.00. The van der Waals surface area contributed by atoms with E-state index in [-0.39, 0.29) is 22.0 Å². The number of methoxy groups -OCH3 is 1. The molecule has 10 nitrogen and oxygen atoms in total. The van der Waals surface area contributed by atoms with Crippen molar-refractivity contribution in [1.82, 2.24) is 4.90 Å². The smallest absolute Gasteiger partial charge is 0.296 e. The van der Waals surface area contributed by atoms with E-state index in [1.165, 1.54) is 30.2 Å². The summed E-state index contributed by atoms with van der Waals surface area (Å²) in [4.78, 5) is 37.4. The molecule has 0 radical (unpaired) electrons. The first-order valence-electron chi connectivity index (χ1n) is 8.62. The summed E-state index contributed by atoms with van der Waals surface area (Å²) in [6.45, 7) is 1.32. The van der Waals surface area contributed by atoms with Crippen LogP contribution in [0.4, 0.5) is 17.1 Å². The van der Waals surface area contributed by atoms with Gasteiger partial charge >= 0.3 is 0 Å². The minimum absolute atomic E-state index is 0.0599. The molecule has 1 aliphatic rings. The highest BCUT2D eigenvalue weighted by atomic mass is 35.5. The minimum Gasteiger partial charge on any atom is -0.496 e. The van der Waals surface area contributed by atoms with Gasteiger partial charge in [-0.05, 0) is 18.2 Å². The van der Waals surface area contributed by atoms with Crippen molar-refractivity contribution in [1.29, 1.82) is 0 Å². The topological polar surface area (TPSA) is 119 Å². The van der Waals surface area contributed by atoms with Crippen LogP contribution >= 0.6 is 11.6 Å². The van der Waals surface area contributed by atoms with E-state index in [4.69, 9.17) is 16.3 Å². The van der Waals surface area contributed by atoms with Gasteiger partial charge in [-0.25, -0.2) is 0 Å². The molecule has 1 saturated heterocycles. The number of ether oxygens (including phenoxy) is 1. The number of nitro groups is 2. The summed E-state index contributed by atoms with van der Waals surface area (Å²) >= 11 is 6.06. The quantitative estimate of drug-likeness (QED) is 0.538. The minimum atomic E-state index is -0.589. The van der Waals surface area contributed by atoms with Gasteiger partial charge in [-0.2, -0.15) is 0 Å². The lowest BCUT2D eigenvalue weighted by Gasteiger charge is -2.36. The first-order chi connectivity index (χ1) is 13.8. The van der Waals surface area contributed by atoms with Gasteiger partial charge in [-0.3, -0.25) is 25.0 Å². The van der Waals surface area contributed by atoms with E-state index < -0.39 is 15.8 Å². The van der Waals surface area contributed by atoms with Crippen LogP contribution in [0.2, 0.25) is 5.02 Å². The Bertz CT molecular complexity index is 975. The number of rotatable bonds is 5. The number of amides is 1. The summed E-state index contributed by atoms with van der Waals surface area (Å²) < 4.78 is 5.05. The Morgan fingerprint density at radius 1 is 1.03 bits per heavy atom. The van der Waals surface area contributed by atoms with Gasteiger partial charge in [0.25, 0.3) is 17.3 Å². The Kier molecular flexibility index (Phi) is 5.83. The number of non-ortho nitro benzene ring substituents is 1. The molecule has 11 heteroatoms. The van der Waals surface area contributed by atoms with E-state index in [0.717, 1.165) is 6.07 Å². The zero-order valence-corrected chi connectivity index (χ0v) is 16.2. The van der Waals surface area contributed by atoms with Gasteiger partial charge in [-0.1, -0.05) is 11.6 Å².